The van der Waals surface area contributed by atoms with E-state index in [9.17, 15) is 19.2 Å². The molecule has 30 heavy (non-hydrogen) atoms. The fourth-order valence-electron chi connectivity index (χ4n) is 3.38. The molecule has 2 N–H and O–H groups in total. The van der Waals surface area contributed by atoms with Crippen LogP contribution in [0.25, 0.3) is 0 Å². The molecule has 2 aliphatic heterocycles. The van der Waals surface area contributed by atoms with Crippen LogP contribution in [0.5, 0.6) is 0 Å². The minimum absolute atomic E-state index is 0.141. The van der Waals surface area contributed by atoms with Crippen LogP contribution < -0.4 is 15.5 Å². The van der Waals surface area contributed by atoms with E-state index in [1.54, 1.807) is 50.2 Å². The average Bonchev–Trinajstić information content (AvgIpc) is 2.72. The highest BCUT2D eigenvalue weighted by molar-refractivity contribution is 8.00. The zero-order valence-corrected chi connectivity index (χ0v) is 17.2. The number of para-hydroxylation sites is 2. The smallest absolute Gasteiger partial charge is 0.338 e. The summed E-state index contributed by atoms with van der Waals surface area (Å²) in [6.07, 6.45) is 0. The maximum absolute atomic E-state index is 12.9. The first-order valence-corrected chi connectivity index (χ1v) is 10.2. The van der Waals surface area contributed by atoms with Crippen molar-refractivity contribution in [2.75, 3.05) is 27.9 Å². The van der Waals surface area contributed by atoms with Gasteiger partial charge in [-0.3, -0.25) is 19.3 Å². The van der Waals surface area contributed by atoms with Gasteiger partial charge in [-0.1, -0.05) is 12.1 Å². The second-order valence-electron chi connectivity index (χ2n) is 7.38. The van der Waals surface area contributed by atoms with Crippen molar-refractivity contribution < 1.29 is 23.9 Å². The summed E-state index contributed by atoms with van der Waals surface area (Å²) in [6, 6.07) is 11.8. The van der Waals surface area contributed by atoms with Crippen LogP contribution in [-0.4, -0.2) is 41.6 Å². The van der Waals surface area contributed by atoms with Crippen LogP contribution in [0.2, 0.25) is 0 Å². The predicted octanol–water partition coefficient (Wildman–Crippen LogP) is 2.65. The number of carbonyl (C=O) groups excluding carboxylic acids is 4. The lowest BCUT2D eigenvalue weighted by atomic mass is 9.96. The molecule has 0 saturated carbocycles. The van der Waals surface area contributed by atoms with Gasteiger partial charge < -0.3 is 15.4 Å². The Kier molecular flexibility index (Phi) is 4.98. The number of nitrogens with zero attached hydrogens (tertiary/aromatic N) is 1. The number of amides is 3. The van der Waals surface area contributed by atoms with Crippen LogP contribution >= 0.6 is 11.8 Å². The molecule has 154 valence electrons. The minimum atomic E-state index is -1.15. The highest BCUT2D eigenvalue weighted by Crippen LogP contribution is 2.37. The van der Waals surface area contributed by atoms with Gasteiger partial charge in [0.05, 0.1) is 28.4 Å². The molecule has 0 unspecified atom stereocenters. The number of thioether (sulfide) groups is 1. The summed E-state index contributed by atoms with van der Waals surface area (Å²) < 4.78 is 5.22. The van der Waals surface area contributed by atoms with E-state index in [1.165, 1.54) is 22.7 Å². The third-order valence-electron chi connectivity index (χ3n) is 4.93. The second kappa shape index (κ2) is 7.49. The number of nitrogens with one attached hydrogen (secondary N) is 2. The van der Waals surface area contributed by atoms with Crippen molar-refractivity contribution in [3.8, 4) is 0 Å². The Morgan fingerprint density at radius 2 is 1.87 bits per heavy atom. The van der Waals surface area contributed by atoms with Crippen molar-refractivity contribution in [3.63, 3.8) is 0 Å². The number of anilines is 3. The molecule has 2 aromatic carbocycles. The van der Waals surface area contributed by atoms with Gasteiger partial charge in [0, 0.05) is 4.90 Å². The van der Waals surface area contributed by atoms with E-state index in [0.29, 0.717) is 22.8 Å². The third kappa shape index (κ3) is 3.52. The molecule has 2 aliphatic rings. The number of esters is 1. The van der Waals surface area contributed by atoms with Crippen molar-refractivity contribution in [3.05, 3.63) is 48.0 Å². The van der Waals surface area contributed by atoms with Crippen LogP contribution in [0.4, 0.5) is 17.1 Å². The van der Waals surface area contributed by atoms with E-state index in [0.717, 1.165) is 4.90 Å². The molecule has 0 spiro atoms. The number of rotatable bonds is 3. The molecule has 2 heterocycles. The summed E-state index contributed by atoms with van der Waals surface area (Å²) in [5.74, 6) is -1.35. The normalized spacial score (nSPS) is 16.7. The van der Waals surface area contributed by atoms with E-state index in [2.05, 4.69) is 10.6 Å². The second-order valence-corrected chi connectivity index (χ2v) is 8.40. The SMILES string of the molecule is CC1(C)C(=O)Nc2ccccc2N1C(=O)COC(=O)c1ccc2c(c1)NC(=O)CS2. The highest BCUT2D eigenvalue weighted by atomic mass is 32.2. The van der Waals surface area contributed by atoms with Gasteiger partial charge in [0.2, 0.25) is 11.8 Å². The van der Waals surface area contributed by atoms with Gasteiger partial charge in [0.1, 0.15) is 5.54 Å². The lowest BCUT2D eigenvalue weighted by Crippen LogP contribution is -2.59. The van der Waals surface area contributed by atoms with Crippen molar-refractivity contribution in [2.24, 2.45) is 0 Å². The summed E-state index contributed by atoms with van der Waals surface area (Å²) in [7, 11) is 0. The molecule has 0 fully saturated rings. The molecule has 0 radical (unpaired) electrons. The lowest BCUT2D eigenvalue weighted by Gasteiger charge is -2.41. The van der Waals surface area contributed by atoms with Gasteiger partial charge in [-0.25, -0.2) is 4.79 Å². The molecule has 3 amide bonds. The van der Waals surface area contributed by atoms with Crippen LogP contribution in [0.1, 0.15) is 24.2 Å². The summed E-state index contributed by atoms with van der Waals surface area (Å²) in [5, 5.41) is 5.49. The number of carbonyl (C=O) groups is 4. The average molecular weight is 425 g/mol. The van der Waals surface area contributed by atoms with Crippen LogP contribution in [0, 0.1) is 0 Å². The zero-order valence-electron chi connectivity index (χ0n) is 16.4. The van der Waals surface area contributed by atoms with Crippen molar-refractivity contribution in [1.29, 1.82) is 0 Å². The molecular weight excluding hydrogens is 406 g/mol. The Morgan fingerprint density at radius 3 is 2.67 bits per heavy atom. The Balaban J connectivity index is 1.51. The summed E-state index contributed by atoms with van der Waals surface area (Å²) in [4.78, 5) is 51.6. The minimum Gasteiger partial charge on any atom is -0.452 e. The van der Waals surface area contributed by atoms with Gasteiger partial charge in [-0.15, -0.1) is 11.8 Å². The summed E-state index contributed by atoms with van der Waals surface area (Å²) in [5.41, 5.74) is 0.673. The quantitative estimate of drug-likeness (QED) is 0.733. The van der Waals surface area contributed by atoms with Gasteiger partial charge in [-0.05, 0) is 44.2 Å². The number of hydrogen-bond donors (Lipinski definition) is 2. The Labute approximate surface area is 177 Å². The van der Waals surface area contributed by atoms with E-state index in [-0.39, 0.29) is 17.4 Å². The van der Waals surface area contributed by atoms with Crippen molar-refractivity contribution >= 4 is 52.5 Å². The number of benzene rings is 2. The Morgan fingerprint density at radius 1 is 1.10 bits per heavy atom. The molecule has 0 atom stereocenters. The van der Waals surface area contributed by atoms with Crippen LogP contribution in [0.15, 0.2) is 47.4 Å². The molecule has 0 bridgehead atoms. The maximum atomic E-state index is 12.9. The zero-order chi connectivity index (χ0) is 21.5. The molecule has 9 heteroatoms. The van der Waals surface area contributed by atoms with Gasteiger partial charge in [0.15, 0.2) is 6.61 Å². The fraction of sp³-hybridized carbons (Fsp3) is 0.238. The standard InChI is InChI=1S/C21H19N3O5S/c1-21(2)20(28)23-13-5-3-4-6-15(13)24(21)18(26)10-29-19(27)12-7-8-16-14(9-12)22-17(25)11-30-16/h3-9H,10-11H2,1-2H3,(H,22,25)(H,23,28). The molecule has 0 saturated heterocycles. The van der Waals surface area contributed by atoms with Crippen molar-refractivity contribution in [1.82, 2.24) is 0 Å². The highest BCUT2D eigenvalue weighted by Gasteiger charge is 2.43. The lowest BCUT2D eigenvalue weighted by molar-refractivity contribution is -0.128. The van der Waals surface area contributed by atoms with Gasteiger partial charge in [0.25, 0.3) is 5.91 Å². The largest absolute Gasteiger partial charge is 0.452 e. The molecule has 0 aliphatic carbocycles. The third-order valence-corrected chi connectivity index (χ3v) is 6.01. The Bertz CT molecular complexity index is 1080. The summed E-state index contributed by atoms with van der Waals surface area (Å²) in [6.45, 7) is 2.73. The molecular formula is C21H19N3O5S. The van der Waals surface area contributed by atoms with Crippen molar-refractivity contribution in [2.45, 2.75) is 24.3 Å². The summed E-state index contributed by atoms with van der Waals surface area (Å²) >= 11 is 1.38. The maximum Gasteiger partial charge on any atom is 0.338 e. The first-order chi connectivity index (χ1) is 14.3. The molecule has 0 aromatic heterocycles. The van der Waals surface area contributed by atoms with E-state index >= 15 is 0 Å². The first kappa shape index (κ1) is 20.0. The molecule has 2 aromatic rings. The predicted molar refractivity (Wildman–Crippen MR) is 113 cm³/mol. The topological polar surface area (TPSA) is 105 Å². The van der Waals surface area contributed by atoms with Crippen LogP contribution in [0.3, 0.4) is 0 Å². The number of hydrogen-bond acceptors (Lipinski definition) is 6. The van der Waals surface area contributed by atoms with Gasteiger partial charge >= 0.3 is 5.97 Å². The monoisotopic (exact) mass is 425 g/mol. The number of fused-ring (bicyclic) bond motifs is 2. The van der Waals surface area contributed by atoms with Gasteiger partial charge in [-0.2, -0.15) is 0 Å². The van der Waals surface area contributed by atoms with Crippen LogP contribution in [-0.2, 0) is 19.1 Å². The number of ether oxygens (including phenoxy) is 1. The first-order valence-electron chi connectivity index (χ1n) is 9.25. The fourth-order valence-corrected chi connectivity index (χ4v) is 4.17. The van der Waals surface area contributed by atoms with E-state index < -0.39 is 24.0 Å². The van der Waals surface area contributed by atoms with E-state index in [4.69, 9.17) is 4.74 Å². The Hall–Kier alpha value is -3.33. The molecule has 4 rings (SSSR count). The van der Waals surface area contributed by atoms with E-state index in [1.807, 2.05) is 0 Å². The molecule has 8 nitrogen and oxygen atoms in total.